The Morgan fingerprint density at radius 3 is 2.48 bits per heavy atom. The maximum atomic E-state index is 13.0. The van der Waals surface area contributed by atoms with Gasteiger partial charge in [0, 0.05) is 16.5 Å². The zero-order valence-corrected chi connectivity index (χ0v) is 15.7. The second-order valence-electron chi connectivity index (χ2n) is 6.13. The normalized spacial score (nSPS) is 10.5. The number of halogens is 1. The Hall–Kier alpha value is -3.06. The number of nitrogens with zero attached hydrogens (tertiary/aromatic N) is 1. The highest BCUT2D eigenvalue weighted by molar-refractivity contribution is 7.13. The quantitative estimate of drug-likeness (QED) is 0.677. The Bertz CT molecular complexity index is 983. The van der Waals surface area contributed by atoms with Gasteiger partial charge in [0.1, 0.15) is 10.8 Å². The van der Waals surface area contributed by atoms with Gasteiger partial charge in [0.2, 0.25) is 5.91 Å². The van der Waals surface area contributed by atoms with Crippen LogP contribution in [0.5, 0.6) is 0 Å². The van der Waals surface area contributed by atoms with Crippen LogP contribution in [0.2, 0.25) is 0 Å². The molecular weight excluding hydrogens is 365 g/mol. The molecule has 0 fully saturated rings. The molecule has 0 aliphatic carbocycles. The lowest BCUT2D eigenvalue weighted by Gasteiger charge is -2.08. The van der Waals surface area contributed by atoms with E-state index in [9.17, 15) is 14.0 Å². The maximum Gasteiger partial charge on any atom is 0.269 e. The van der Waals surface area contributed by atoms with Crippen LogP contribution in [0.1, 0.15) is 27.2 Å². The molecule has 27 heavy (non-hydrogen) atoms. The van der Waals surface area contributed by atoms with E-state index in [0.717, 1.165) is 16.7 Å². The summed E-state index contributed by atoms with van der Waals surface area (Å²) in [5.74, 6) is -1.06. The maximum absolute atomic E-state index is 13.0. The number of hydrogen-bond donors (Lipinski definition) is 2. The summed E-state index contributed by atoms with van der Waals surface area (Å²) in [6, 6.07) is 11.4. The third-order valence-corrected chi connectivity index (χ3v) is 5.01. The number of thiazole rings is 1. The third kappa shape index (κ3) is 4.77. The van der Waals surface area contributed by atoms with Crippen molar-refractivity contribution in [2.45, 2.75) is 20.3 Å². The van der Waals surface area contributed by atoms with E-state index in [1.807, 2.05) is 19.9 Å². The van der Waals surface area contributed by atoms with Crippen LogP contribution in [0, 0.1) is 19.7 Å². The zero-order chi connectivity index (χ0) is 19.4. The molecule has 0 aliphatic rings. The van der Waals surface area contributed by atoms with E-state index in [4.69, 9.17) is 0 Å². The van der Waals surface area contributed by atoms with E-state index in [2.05, 4.69) is 15.8 Å². The minimum atomic E-state index is -0.378. The number of amides is 2. The number of carbonyl (C=O) groups excluding carboxylic acids is 2. The molecule has 3 aromatic rings. The average Bonchev–Trinajstić information content (AvgIpc) is 3.11. The van der Waals surface area contributed by atoms with Crippen molar-refractivity contribution < 1.29 is 14.0 Å². The Balaban J connectivity index is 1.55. The molecule has 0 atom stereocenters. The van der Waals surface area contributed by atoms with Crippen LogP contribution in [-0.2, 0) is 11.2 Å². The Kier molecular flexibility index (Phi) is 5.61. The lowest BCUT2D eigenvalue weighted by atomic mass is 10.1. The van der Waals surface area contributed by atoms with Gasteiger partial charge in [-0.15, -0.1) is 11.3 Å². The van der Waals surface area contributed by atoms with Gasteiger partial charge in [-0.3, -0.25) is 20.4 Å². The highest BCUT2D eigenvalue weighted by Crippen LogP contribution is 2.24. The van der Waals surface area contributed by atoms with Gasteiger partial charge in [0.05, 0.1) is 12.1 Å². The molecular formula is C20H18FN3O2S. The van der Waals surface area contributed by atoms with Crippen molar-refractivity contribution in [2.24, 2.45) is 0 Å². The summed E-state index contributed by atoms with van der Waals surface area (Å²) in [5.41, 5.74) is 8.75. The number of benzene rings is 2. The van der Waals surface area contributed by atoms with Gasteiger partial charge < -0.3 is 0 Å². The second kappa shape index (κ2) is 8.09. The van der Waals surface area contributed by atoms with E-state index >= 15 is 0 Å². The summed E-state index contributed by atoms with van der Waals surface area (Å²) in [5, 5.41) is 2.47. The number of aryl methyl sites for hydroxylation is 2. The summed E-state index contributed by atoms with van der Waals surface area (Å²) >= 11 is 1.37. The van der Waals surface area contributed by atoms with Gasteiger partial charge in [-0.1, -0.05) is 6.07 Å². The molecule has 0 saturated heterocycles. The van der Waals surface area contributed by atoms with Crippen LogP contribution in [0.4, 0.5) is 4.39 Å². The zero-order valence-electron chi connectivity index (χ0n) is 14.9. The van der Waals surface area contributed by atoms with Gasteiger partial charge in [0.25, 0.3) is 5.91 Å². The van der Waals surface area contributed by atoms with Crippen molar-refractivity contribution in [1.29, 1.82) is 0 Å². The van der Waals surface area contributed by atoms with Crippen LogP contribution < -0.4 is 10.9 Å². The average molecular weight is 383 g/mol. The molecule has 138 valence electrons. The van der Waals surface area contributed by atoms with Gasteiger partial charge in [-0.2, -0.15) is 0 Å². The number of nitrogens with one attached hydrogen (secondary N) is 2. The predicted molar refractivity (Wildman–Crippen MR) is 103 cm³/mol. The lowest BCUT2D eigenvalue weighted by Crippen LogP contribution is -2.42. The van der Waals surface area contributed by atoms with Crippen molar-refractivity contribution in [2.75, 3.05) is 0 Å². The highest BCUT2D eigenvalue weighted by atomic mass is 32.1. The van der Waals surface area contributed by atoms with Crippen LogP contribution >= 0.6 is 11.3 Å². The first-order valence-electron chi connectivity index (χ1n) is 8.29. The second-order valence-corrected chi connectivity index (χ2v) is 6.99. The molecule has 7 heteroatoms. The number of hydrogen-bond acceptors (Lipinski definition) is 4. The summed E-state index contributed by atoms with van der Waals surface area (Å²) in [4.78, 5) is 28.5. The van der Waals surface area contributed by atoms with Gasteiger partial charge in [0.15, 0.2) is 0 Å². The summed E-state index contributed by atoms with van der Waals surface area (Å²) in [6.07, 6.45) is 0.0326. The van der Waals surface area contributed by atoms with Gasteiger partial charge in [-0.05, 0) is 61.4 Å². The fourth-order valence-electron chi connectivity index (χ4n) is 2.40. The van der Waals surface area contributed by atoms with Crippen molar-refractivity contribution in [3.63, 3.8) is 0 Å². The highest BCUT2D eigenvalue weighted by Gasteiger charge is 2.11. The topological polar surface area (TPSA) is 71.1 Å². The van der Waals surface area contributed by atoms with E-state index in [1.54, 1.807) is 29.6 Å². The SMILES string of the molecule is Cc1ccc(C(=O)NNC(=O)Cc2csc(-c3ccc(F)cc3)n2)cc1C. The summed E-state index contributed by atoms with van der Waals surface area (Å²) < 4.78 is 13.0. The predicted octanol–water partition coefficient (Wildman–Crippen LogP) is 3.57. The summed E-state index contributed by atoms with van der Waals surface area (Å²) in [6.45, 7) is 3.89. The Morgan fingerprint density at radius 1 is 1.04 bits per heavy atom. The number of carbonyl (C=O) groups is 2. The van der Waals surface area contributed by atoms with E-state index in [0.29, 0.717) is 16.3 Å². The molecule has 0 radical (unpaired) electrons. The van der Waals surface area contributed by atoms with Crippen molar-refractivity contribution in [3.8, 4) is 10.6 Å². The Labute approximate surface area is 160 Å². The van der Waals surface area contributed by atoms with Crippen LogP contribution in [0.25, 0.3) is 10.6 Å². The molecule has 0 unspecified atom stereocenters. The molecule has 0 spiro atoms. The molecule has 5 nitrogen and oxygen atoms in total. The fourth-order valence-corrected chi connectivity index (χ4v) is 3.23. The lowest BCUT2D eigenvalue weighted by molar-refractivity contribution is -0.121. The molecule has 1 heterocycles. The molecule has 0 bridgehead atoms. The third-order valence-electron chi connectivity index (χ3n) is 4.07. The minimum absolute atomic E-state index is 0.0326. The monoisotopic (exact) mass is 383 g/mol. The van der Waals surface area contributed by atoms with Crippen LogP contribution in [0.3, 0.4) is 0 Å². The van der Waals surface area contributed by atoms with Crippen molar-refractivity contribution in [1.82, 2.24) is 15.8 Å². The molecule has 2 amide bonds. The number of aromatic nitrogens is 1. The largest absolute Gasteiger partial charge is 0.273 e. The van der Waals surface area contributed by atoms with E-state index < -0.39 is 0 Å². The molecule has 2 N–H and O–H groups in total. The van der Waals surface area contributed by atoms with Crippen molar-refractivity contribution in [3.05, 3.63) is 76.0 Å². The Morgan fingerprint density at radius 2 is 1.78 bits per heavy atom. The smallest absolute Gasteiger partial charge is 0.269 e. The first kappa shape index (κ1) is 18.7. The first-order valence-corrected chi connectivity index (χ1v) is 9.17. The molecule has 2 aromatic carbocycles. The van der Waals surface area contributed by atoms with Gasteiger partial charge in [-0.25, -0.2) is 9.37 Å². The molecule has 3 rings (SSSR count). The van der Waals surface area contributed by atoms with Crippen LogP contribution in [0.15, 0.2) is 47.8 Å². The van der Waals surface area contributed by atoms with Crippen LogP contribution in [-0.4, -0.2) is 16.8 Å². The molecule has 0 aliphatic heterocycles. The summed E-state index contributed by atoms with van der Waals surface area (Å²) in [7, 11) is 0. The van der Waals surface area contributed by atoms with E-state index in [1.165, 1.54) is 23.5 Å². The van der Waals surface area contributed by atoms with Gasteiger partial charge >= 0.3 is 0 Å². The minimum Gasteiger partial charge on any atom is -0.273 e. The number of rotatable bonds is 4. The van der Waals surface area contributed by atoms with E-state index in [-0.39, 0.29) is 24.1 Å². The van der Waals surface area contributed by atoms with Crippen molar-refractivity contribution >= 4 is 23.2 Å². The fraction of sp³-hybridized carbons (Fsp3) is 0.150. The molecule has 1 aromatic heterocycles. The number of hydrazine groups is 1. The standard InChI is InChI=1S/C20H18FN3O2S/c1-12-3-4-15(9-13(12)2)19(26)24-23-18(25)10-17-11-27-20(22-17)14-5-7-16(21)8-6-14/h3-9,11H,10H2,1-2H3,(H,23,25)(H,24,26). The first-order chi connectivity index (χ1) is 12.9. The molecule has 0 saturated carbocycles.